The number of hydrogen-bond donors (Lipinski definition) is 3. The first-order chi connectivity index (χ1) is 32.1. The van der Waals surface area contributed by atoms with Crippen molar-refractivity contribution >= 4 is 51.1 Å². The number of pyridine rings is 1. The van der Waals surface area contributed by atoms with E-state index in [-0.39, 0.29) is 23.9 Å². The molecule has 3 N–H and O–H groups in total. The fourth-order valence-electron chi connectivity index (χ4n) is 11.8. The number of anilines is 3. The summed E-state index contributed by atoms with van der Waals surface area (Å²) in [5.74, 6) is 0.466. The third kappa shape index (κ3) is 6.86. The van der Waals surface area contributed by atoms with E-state index in [9.17, 15) is 19.5 Å². The molecule has 6 aromatic rings. The van der Waals surface area contributed by atoms with Crippen molar-refractivity contribution in [2.24, 2.45) is 5.41 Å². The van der Waals surface area contributed by atoms with Gasteiger partial charge in [0.05, 0.1) is 18.2 Å². The number of fused-ring (bicyclic) bond motifs is 3. The lowest BCUT2D eigenvalue weighted by Crippen LogP contribution is -2.73. The molecule has 0 radical (unpaired) electrons. The maximum Gasteiger partial charge on any atom is 0.278 e. The van der Waals surface area contributed by atoms with Crippen molar-refractivity contribution in [1.82, 2.24) is 44.6 Å². The van der Waals surface area contributed by atoms with E-state index in [0.717, 1.165) is 54.9 Å². The Bertz CT molecular complexity index is 2970. The van der Waals surface area contributed by atoms with Crippen LogP contribution in [0.15, 0.2) is 82.8 Å². The van der Waals surface area contributed by atoms with Crippen LogP contribution in [0.3, 0.4) is 0 Å². The summed E-state index contributed by atoms with van der Waals surface area (Å²) in [6, 6.07) is 19.9. The van der Waals surface area contributed by atoms with Crippen LogP contribution in [0.5, 0.6) is 0 Å². The third-order valence-corrected chi connectivity index (χ3v) is 16.0. The number of benzene rings is 2. The van der Waals surface area contributed by atoms with Crippen molar-refractivity contribution in [3.63, 3.8) is 0 Å². The molecule has 2 amide bonds. The number of nitrogens with one attached hydrogen (secondary N) is 2. The van der Waals surface area contributed by atoms with Gasteiger partial charge in [-0.1, -0.05) is 36.4 Å². The molecule has 340 valence electrons. The van der Waals surface area contributed by atoms with Crippen molar-refractivity contribution in [2.45, 2.75) is 101 Å². The first kappa shape index (κ1) is 41.2. The molecule has 0 bridgehead atoms. The van der Waals surface area contributed by atoms with Crippen molar-refractivity contribution in [1.29, 1.82) is 0 Å². The van der Waals surface area contributed by atoms with Gasteiger partial charge in [-0.3, -0.25) is 29.5 Å². The average molecular weight is 890 g/mol. The summed E-state index contributed by atoms with van der Waals surface area (Å²) < 4.78 is 8.95. The van der Waals surface area contributed by atoms with E-state index in [1.165, 1.54) is 44.3 Å². The predicted molar refractivity (Wildman–Crippen MR) is 249 cm³/mol. The molecule has 4 aromatic heterocycles. The summed E-state index contributed by atoms with van der Waals surface area (Å²) in [6.45, 7) is 12.8. The number of likely N-dealkylation sites (tertiary alicyclic amines) is 2. The van der Waals surface area contributed by atoms with Crippen molar-refractivity contribution in [2.75, 3.05) is 49.5 Å². The number of aliphatic hydroxyl groups is 1. The second-order valence-electron chi connectivity index (χ2n) is 19.8. The topological polar surface area (TPSA) is 180 Å². The summed E-state index contributed by atoms with van der Waals surface area (Å²) in [5, 5.41) is 22.6. The van der Waals surface area contributed by atoms with Gasteiger partial charge in [0, 0.05) is 86.8 Å². The zero-order valence-corrected chi connectivity index (χ0v) is 37.3. The van der Waals surface area contributed by atoms with Gasteiger partial charge in [-0.2, -0.15) is 4.98 Å². The highest BCUT2D eigenvalue weighted by Crippen LogP contribution is 2.50. The Morgan fingerprint density at radius 3 is 2.45 bits per heavy atom. The molecule has 8 heterocycles. The van der Waals surface area contributed by atoms with Gasteiger partial charge in [-0.15, -0.1) is 6.58 Å². The molecule has 12 rings (SSSR count). The quantitative estimate of drug-likeness (QED) is 0.108. The molecule has 1 unspecified atom stereocenters. The van der Waals surface area contributed by atoms with Gasteiger partial charge in [0.15, 0.2) is 17.0 Å². The van der Waals surface area contributed by atoms with E-state index in [0.29, 0.717) is 88.9 Å². The molecule has 2 atom stereocenters. The van der Waals surface area contributed by atoms with Gasteiger partial charge in [0.25, 0.3) is 5.56 Å². The smallest absolute Gasteiger partial charge is 0.278 e. The molecule has 1 spiro atoms. The molecular formula is C50H55N11O5. The maximum absolute atomic E-state index is 13.6. The van der Waals surface area contributed by atoms with Crippen LogP contribution in [-0.2, 0) is 28.2 Å². The van der Waals surface area contributed by atoms with Gasteiger partial charge in [-0.25, -0.2) is 19.3 Å². The Hall–Kier alpha value is -6.23. The second-order valence-corrected chi connectivity index (χ2v) is 19.8. The van der Waals surface area contributed by atoms with E-state index in [1.54, 1.807) is 21.6 Å². The number of carbonyl (C=O) groups is 2. The highest BCUT2D eigenvalue weighted by Gasteiger charge is 2.51. The molecule has 4 saturated heterocycles. The highest BCUT2D eigenvalue weighted by atomic mass is 16.5. The minimum atomic E-state index is -0.985. The number of aromatic nitrogens is 6. The third-order valence-electron chi connectivity index (χ3n) is 16.0. The summed E-state index contributed by atoms with van der Waals surface area (Å²) in [7, 11) is 0. The summed E-state index contributed by atoms with van der Waals surface area (Å²) in [5.41, 5.74) is 6.04. The van der Waals surface area contributed by atoms with Crippen LogP contribution in [0, 0.1) is 5.41 Å². The average Bonchev–Trinajstić information content (AvgIpc) is 3.94. The lowest BCUT2D eigenvalue weighted by molar-refractivity contribution is -0.134. The lowest BCUT2D eigenvalue weighted by Gasteiger charge is -2.61. The largest absolute Gasteiger partial charge is 0.384 e. The number of amides is 2. The Balaban J connectivity index is 0.625. The minimum absolute atomic E-state index is 0.226. The van der Waals surface area contributed by atoms with Gasteiger partial charge >= 0.3 is 0 Å². The normalized spacial score (nSPS) is 23.8. The fourth-order valence-corrected chi connectivity index (χ4v) is 11.8. The molecule has 16 nitrogen and oxygen atoms in total. The van der Waals surface area contributed by atoms with Crippen LogP contribution in [0.1, 0.15) is 92.6 Å². The van der Waals surface area contributed by atoms with Crippen LogP contribution in [0.4, 0.5) is 17.3 Å². The number of rotatable bonds is 11. The summed E-state index contributed by atoms with van der Waals surface area (Å²) in [6.07, 6.45) is 10.9. The van der Waals surface area contributed by atoms with E-state index in [4.69, 9.17) is 14.5 Å². The molecule has 1 saturated carbocycles. The Morgan fingerprint density at radius 2 is 1.70 bits per heavy atom. The lowest BCUT2D eigenvalue weighted by atomic mass is 9.64. The summed E-state index contributed by atoms with van der Waals surface area (Å²) >= 11 is 0. The first-order valence-corrected chi connectivity index (χ1v) is 23.7. The van der Waals surface area contributed by atoms with Crippen molar-refractivity contribution in [3.8, 4) is 5.82 Å². The van der Waals surface area contributed by atoms with Gasteiger partial charge in [0.2, 0.25) is 17.8 Å². The molecular weight excluding hydrogens is 835 g/mol. The van der Waals surface area contributed by atoms with E-state index in [1.807, 2.05) is 31.2 Å². The fraction of sp³-hybridized carbons (Fsp3) is 0.460. The number of carbonyl (C=O) groups excluding carboxylic acids is 2. The van der Waals surface area contributed by atoms with Crippen LogP contribution in [0.2, 0.25) is 0 Å². The molecule has 2 aliphatic carbocycles. The number of aryl methyl sites for hydroxylation is 1. The number of hydrogen-bond acceptors (Lipinski definition) is 13. The Morgan fingerprint density at radius 1 is 0.909 bits per heavy atom. The molecule has 66 heavy (non-hydrogen) atoms. The highest BCUT2D eigenvalue weighted by molar-refractivity contribution is 6.02. The van der Waals surface area contributed by atoms with Crippen LogP contribution < -0.4 is 21.1 Å². The predicted octanol–water partition coefficient (Wildman–Crippen LogP) is 5.64. The number of nitrogens with zero attached hydrogens (tertiary/aromatic N) is 9. The van der Waals surface area contributed by atoms with E-state index >= 15 is 0 Å². The first-order valence-electron chi connectivity index (χ1n) is 23.7. The second kappa shape index (κ2) is 15.7. The van der Waals surface area contributed by atoms with Gasteiger partial charge < -0.3 is 19.8 Å². The molecule has 16 heteroatoms. The number of allylic oxidation sites excluding steroid dienone is 1. The van der Waals surface area contributed by atoms with Gasteiger partial charge in [0.1, 0.15) is 16.7 Å². The Labute approximate surface area is 381 Å². The van der Waals surface area contributed by atoms with Crippen molar-refractivity contribution < 1.29 is 19.2 Å². The Kier molecular flexibility index (Phi) is 9.81. The molecule has 5 fully saturated rings. The van der Waals surface area contributed by atoms with E-state index < -0.39 is 11.5 Å². The SMILES string of the molecule is C=CCn1c(=O)c2cnc(Nc3ccc(C4CCC5(CC4)CN(C4CN(C6CN(c7ccc8c(C9CCC(=O)NC9=O)noc8c7)C6)C4)C5)cc3)nc2n1-c1ccc2c(n1)[C@@](O)(CC)CC2. The molecule has 2 aromatic carbocycles. The number of imide groups is 1. The minimum Gasteiger partial charge on any atom is -0.384 e. The van der Waals surface area contributed by atoms with Crippen molar-refractivity contribution in [3.05, 3.63) is 106 Å². The summed E-state index contributed by atoms with van der Waals surface area (Å²) in [4.78, 5) is 59.7. The zero-order valence-electron chi connectivity index (χ0n) is 37.3. The monoisotopic (exact) mass is 889 g/mol. The van der Waals surface area contributed by atoms with Crippen LogP contribution >= 0.6 is 0 Å². The molecule has 4 aliphatic heterocycles. The van der Waals surface area contributed by atoms with Crippen LogP contribution in [-0.4, -0.2) is 108 Å². The maximum atomic E-state index is 13.6. The van der Waals surface area contributed by atoms with E-state index in [2.05, 4.69) is 72.4 Å². The molecule has 6 aliphatic rings. The standard InChI is InChI=1S/C50H55N11O5/c1-3-21-60-47(64)39-23-51-48(55-45(39)61(60)41-13-7-32-17-20-50(65,4-2)44(32)53-41)52-33-8-5-30(6-9-33)31-15-18-49(19-16-31)28-59(29-49)36-26-58(27-36)35-24-57(25-35)34-10-11-37-40(22-34)66-56-43(37)38-12-14-42(62)54-46(38)63/h3,5-11,13,22-23,31,35-36,38,65H,1,4,12,14-21,24-29H2,2H3,(H,51,52,55)(H,54,62,63)/t38?,50-/m1/s1. The van der Waals surface area contributed by atoms with Crippen LogP contribution in [0.25, 0.3) is 27.8 Å². The zero-order chi connectivity index (χ0) is 44.9. The van der Waals surface area contributed by atoms with Gasteiger partial charge in [-0.05, 0) is 104 Å². The number of piperidine rings is 1.